The molecule has 1 aliphatic heterocycles. The largest absolute Gasteiger partial charge is 0.479 e. The molecule has 10 heavy (non-hydrogen) atoms. The summed E-state index contributed by atoms with van der Waals surface area (Å²) in [5.74, 6) is -1.04. The van der Waals surface area contributed by atoms with E-state index in [0.717, 1.165) is 11.8 Å². The first-order valence-electron chi connectivity index (χ1n) is 2.51. The van der Waals surface area contributed by atoms with Gasteiger partial charge in [-0.25, -0.2) is 4.79 Å². The van der Waals surface area contributed by atoms with Crippen molar-refractivity contribution in [3.05, 3.63) is 10.4 Å². The third kappa shape index (κ3) is 1.41. The minimum atomic E-state index is -1.25. The highest BCUT2D eigenvalue weighted by atomic mass is 35.5. The van der Waals surface area contributed by atoms with E-state index >= 15 is 0 Å². The van der Waals surface area contributed by atoms with Crippen molar-refractivity contribution in [3.63, 3.8) is 0 Å². The highest BCUT2D eigenvalue weighted by Gasteiger charge is 2.40. The van der Waals surface area contributed by atoms with E-state index in [2.05, 4.69) is 0 Å². The number of alkyl halides is 1. The van der Waals surface area contributed by atoms with E-state index in [0.29, 0.717) is 4.36 Å². The topological polar surface area (TPSA) is 37.3 Å². The third-order valence-electron chi connectivity index (χ3n) is 1.10. The van der Waals surface area contributed by atoms with Gasteiger partial charge >= 0.3 is 5.97 Å². The Morgan fingerprint density at radius 2 is 2.50 bits per heavy atom. The summed E-state index contributed by atoms with van der Waals surface area (Å²) in [4.78, 5) is 10.4. The zero-order valence-corrected chi connectivity index (χ0v) is 7.13. The lowest BCUT2D eigenvalue weighted by molar-refractivity contribution is -0.137. The molecule has 1 rings (SSSR count). The van der Waals surface area contributed by atoms with Crippen LogP contribution in [-0.4, -0.2) is 15.3 Å². The lowest BCUT2D eigenvalue weighted by atomic mass is 10.3. The lowest BCUT2D eigenvalue weighted by Gasteiger charge is -2.12. The number of carboxylic acids is 1. The first-order valence-corrected chi connectivity index (χ1v) is 4.09. The molecule has 0 aromatic rings. The highest BCUT2D eigenvalue weighted by Crippen LogP contribution is 2.46. The van der Waals surface area contributed by atoms with E-state index in [-0.39, 0.29) is 6.42 Å². The maximum absolute atomic E-state index is 10.4. The van der Waals surface area contributed by atoms with Gasteiger partial charge in [-0.15, -0.1) is 0 Å². The van der Waals surface area contributed by atoms with E-state index in [1.807, 2.05) is 0 Å². The van der Waals surface area contributed by atoms with Gasteiger partial charge in [0.2, 0.25) is 0 Å². The monoisotopic (exact) mass is 198 g/mol. The fourth-order valence-electron chi connectivity index (χ4n) is 0.580. The van der Waals surface area contributed by atoms with Gasteiger partial charge in [-0.3, -0.25) is 0 Å². The Morgan fingerprint density at radius 3 is 2.70 bits per heavy atom. The van der Waals surface area contributed by atoms with Crippen molar-refractivity contribution in [3.8, 4) is 0 Å². The van der Waals surface area contributed by atoms with Crippen molar-refractivity contribution < 1.29 is 9.90 Å². The van der Waals surface area contributed by atoms with Crippen LogP contribution in [0.3, 0.4) is 0 Å². The van der Waals surface area contributed by atoms with E-state index in [9.17, 15) is 4.79 Å². The molecule has 0 aromatic carbocycles. The average molecular weight is 199 g/mol. The Kier molecular flexibility index (Phi) is 2.18. The van der Waals surface area contributed by atoms with Gasteiger partial charge in [-0.1, -0.05) is 41.0 Å². The molecule has 0 aromatic heterocycles. The normalized spacial score (nSPS) is 32.0. The molecule has 1 heterocycles. The Bertz CT molecular complexity index is 204. The number of hydrogen-bond donors (Lipinski definition) is 1. The van der Waals surface area contributed by atoms with Crippen molar-refractivity contribution in [1.29, 1.82) is 0 Å². The summed E-state index contributed by atoms with van der Waals surface area (Å²) >= 11 is 12.1. The van der Waals surface area contributed by atoms with Crippen LogP contribution in [0.2, 0.25) is 0 Å². The lowest BCUT2D eigenvalue weighted by Crippen LogP contribution is -2.24. The molecular formula is C5H4Cl2O2S. The van der Waals surface area contributed by atoms with Crippen LogP contribution in [0, 0.1) is 0 Å². The molecule has 5 heteroatoms. The molecule has 1 N–H and O–H groups in total. The van der Waals surface area contributed by atoms with E-state index in [4.69, 9.17) is 28.3 Å². The number of aliphatic carboxylic acids is 1. The van der Waals surface area contributed by atoms with Crippen molar-refractivity contribution in [2.45, 2.75) is 10.6 Å². The van der Waals surface area contributed by atoms with Gasteiger partial charge in [-0.2, -0.15) is 0 Å². The Hall–Kier alpha value is 0.140. The number of rotatable bonds is 1. The summed E-state index contributed by atoms with van der Waals surface area (Å²) in [5.41, 5.74) is 0. The molecule has 0 spiro atoms. The van der Waals surface area contributed by atoms with Crippen molar-refractivity contribution in [2.75, 3.05) is 0 Å². The van der Waals surface area contributed by atoms with E-state index in [1.54, 1.807) is 6.08 Å². The van der Waals surface area contributed by atoms with E-state index in [1.165, 1.54) is 0 Å². The van der Waals surface area contributed by atoms with Crippen molar-refractivity contribution in [2.24, 2.45) is 0 Å². The minimum absolute atomic E-state index is 0.285. The number of thioether (sulfide) groups is 1. The SMILES string of the molecule is O=C(O)C1(Cl)CC=C(Cl)S1. The molecule has 0 amide bonds. The van der Waals surface area contributed by atoms with Crippen LogP contribution in [0.25, 0.3) is 0 Å². The van der Waals surface area contributed by atoms with Crippen LogP contribution in [0.15, 0.2) is 10.4 Å². The number of carbonyl (C=O) groups is 1. The van der Waals surface area contributed by atoms with Crippen LogP contribution in [0.5, 0.6) is 0 Å². The molecule has 1 aliphatic rings. The number of allylic oxidation sites excluding steroid dienone is 1. The zero-order valence-electron chi connectivity index (χ0n) is 4.80. The van der Waals surface area contributed by atoms with Gasteiger partial charge in [0, 0.05) is 6.42 Å². The Labute approximate surface area is 72.2 Å². The molecule has 56 valence electrons. The minimum Gasteiger partial charge on any atom is -0.479 e. The van der Waals surface area contributed by atoms with Crippen molar-refractivity contribution in [1.82, 2.24) is 0 Å². The second-order valence-electron chi connectivity index (χ2n) is 1.85. The Morgan fingerprint density at radius 1 is 1.90 bits per heavy atom. The van der Waals surface area contributed by atoms with Gasteiger partial charge in [0.15, 0.2) is 4.21 Å². The predicted octanol–water partition coefficient (Wildman–Crippen LogP) is 2.22. The number of carboxylic acid groups (broad SMARTS) is 1. The summed E-state index contributed by atoms with van der Waals surface area (Å²) in [5, 5.41) is 8.55. The molecule has 0 radical (unpaired) electrons. The smallest absolute Gasteiger partial charge is 0.335 e. The number of hydrogen-bond acceptors (Lipinski definition) is 2. The number of halogens is 2. The van der Waals surface area contributed by atoms with Crippen molar-refractivity contribution >= 4 is 40.9 Å². The fraction of sp³-hybridized carbons (Fsp3) is 0.400. The first kappa shape index (κ1) is 8.24. The van der Waals surface area contributed by atoms with Gasteiger partial charge < -0.3 is 5.11 Å². The fourth-order valence-corrected chi connectivity index (χ4v) is 2.23. The standard InChI is InChI=1S/C5H4Cl2O2S/c6-3-1-2-5(7,10-3)4(8)9/h1H,2H2,(H,8,9). The predicted molar refractivity (Wildman–Crippen MR) is 42.4 cm³/mol. The molecule has 2 nitrogen and oxygen atoms in total. The molecular weight excluding hydrogens is 195 g/mol. The maximum Gasteiger partial charge on any atom is 0.335 e. The van der Waals surface area contributed by atoms with Crippen LogP contribution in [0.4, 0.5) is 0 Å². The zero-order chi connectivity index (χ0) is 7.78. The molecule has 0 aliphatic carbocycles. The first-order chi connectivity index (χ1) is 4.54. The molecule has 0 saturated carbocycles. The summed E-state index contributed by atoms with van der Waals surface area (Å²) in [6.07, 6.45) is 1.89. The molecule has 1 unspecified atom stereocenters. The van der Waals surface area contributed by atoms with E-state index < -0.39 is 10.2 Å². The average Bonchev–Trinajstić information content (AvgIpc) is 2.13. The molecule has 1 atom stereocenters. The molecule has 0 saturated heterocycles. The third-order valence-corrected chi connectivity index (χ3v) is 3.06. The second-order valence-corrected chi connectivity index (χ2v) is 4.69. The van der Waals surface area contributed by atoms with Gasteiger partial charge in [0.25, 0.3) is 0 Å². The van der Waals surface area contributed by atoms with Gasteiger partial charge in [0.05, 0.1) is 4.36 Å². The van der Waals surface area contributed by atoms with Crippen LogP contribution < -0.4 is 0 Å². The quantitative estimate of drug-likeness (QED) is 0.658. The molecule has 0 fully saturated rings. The molecule has 0 bridgehead atoms. The van der Waals surface area contributed by atoms with Gasteiger partial charge in [0.1, 0.15) is 0 Å². The summed E-state index contributed by atoms with van der Waals surface area (Å²) in [6.45, 7) is 0. The van der Waals surface area contributed by atoms with Gasteiger partial charge in [-0.05, 0) is 0 Å². The summed E-state index contributed by atoms with van der Waals surface area (Å²) in [7, 11) is 0. The van der Waals surface area contributed by atoms with Crippen LogP contribution in [-0.2, 0) is 4.79 Å². The highest BCUT2D eigenvalue weighted by molar-refractivity contribution is 8.08. The second kappa shape index (κ2) is 2.64. The van der Waals surface area contributed by atoms with Crippen LogP contribution in [0.1, 0.15) is 6.42 Å². The maximum atomic E-state index is 10.4. The summed E-state index contributed by atoms with van der Waals surface area (Å²) in [6, 6.07) is 0. The Balaban J connectivity index is 2.70. The summed E-state index contributed by atoms with van der Waals surface area (Å²) < 4.78 is -0.797. The van der Waals surface area contributed by atoms with Crippen LogP contribution >= 0.6 is 35.0 Å².